The van der Waals surface area contributed by atoms with Crippen LogP contribution < -0.4 is 5.73 Å². The van der Waals surface area contributed by atoms with E-state index in [0.29, 0.717) is 17.7 Å². The van der Waals surface area contributed by atoms with Crippen molar-refractivity contribution in [1.82, 2.24) is 15.0 Å². The molecule has 0 aliphatic heterocycles. The second kappa shape index (κ2) is 4.48. The lowest BCUT2D eigenvalue weighted by molar-refractivity contribution is 0.0999. The predicted molar refractivity (Wildman–Crippen MR) is 57.6 cm³/mol. The van der Waals surface area contributed by atoms with Crippen LogP contribution >= 0.6 is 0 Å². The van der Waals surface area contributed by atoms with Crippen LogP contribution in [0.15, 0.2) is 36.9 Å². The second-order valence-corrected chi connectivity index (χ2v) is 3.24. The van der Waals surface area contributed by atoms with Gasteiger partial charge in [-0.05, 0) is 18.2 Å². The van der Waals surface area contributed by atoms with Gasteiger partial charge in [0.2, 0.25) is 0 Å². The summed E-state index contributed by atoms with van der Waals surface area (Å²) in [6.07, 6.45) is 5.21. The highest BCUT2D eigenvalue weighted by Gasteiger charge is 2.09. The Kier molecular flexibility index (Phi) is 2.86. The Morgan fingerprint density at radius 1 is 1.25 bits per heavy atom. The molecule has 2 N–H and O–H groups in total. The Morgan fingerprint density at radius 3 is 2.81 bits per heavy atom. The van der Waals surface area contributed by atoms with E-state index in [4.69, 9.17) is 5.73 Å². The fourth-order valence-electron chi connectivity index (χ4n) is 1.40. The van der Waals surface area contributed by atoms with Gasteiger partial charge in [0.25, 0.3) is 5.91 Å². The third kappa shape index (κ3) is 2.20. The van der Waals surface area contributed by atoms with Crippen LogP contribution in [-0.2, 0) is 6.42 Å². The zero-order valence-electron chi connectivity index (χ0n) is 8.50. The number of amides is 1. The van der Waals surface area contributed by atoms with E-state index in [2.05, 4.69) is 15.0 Å². The molecule has 16 heavy (non-hydrogen) atoms. The van der Waals surface area contributed by atoms with Crippen LogP contribution in [-0.4, -0.2) is 20.9 Å². The minimum atomic E-state index is -0.475. The molecule has 1 amide bonds. The first-order valence-corrected chi connectivity index (χ1v) is 4.76. The van der Waals surface area contributed by atoms with Crippen LogP contribution in [0.4, 0.5) is 0 Å². The molecule has 0 bridgehead atoms. The third-order valence-electron chi connectivity index (χ3n) is 2.15. The Morgan fingerprint density at radius 2 is 2.12 bits per heavy atom. The quantitative estimate of drug-likeness (QED) is 0.809. The van der Waals surface area contributed by atoms with Crippen LogP contribution in [0.1, 0.15) is 21.7 Å². The van der Waals surface area contributed by atoms with Crippen LogP contribution in [0.2, 0.25) is 0 Å². The van der Waals surface area contributed by atoms with Crippen molar-refractivity contribution < 1.29 is 4.79 Å². The van der Waals surface area contributed by atoms with Crippen molar-refractivity contribution in [1.29, 1.82) is 0 Å². The van der Waals surface area contributed by atoms with E-state index in [-0.39, 0.29) is 0 Å². The van der Waals surface area contributed by atoms with Gasteiger partial charge in [0, 0.05) is 24.5 Å². The summed E-state index contributed by atoms with van der Waals surface area (Å²) in [6, 6.07) is 5.12. The van der Waals surface area contributed by atoms with Gasteiger partial charge in [-0.25, -0.2) is 9.97 Å². The maximum atomic E-state index is 11.2. The van der Waals surface area contributed by atoms with E-state index in [0.717, 1.165) is 5.69 Å². The molecule has 2 aromatic heterocycles. The van der Waals surface area contributed by atoms with Crippen LogP contribution in [0.5, 0.6) is 0 Å². The second-order valence-electron chi connectivity index (χ2n) is 3.24. The Labute approximate surface area is 92.4 Å². The molecule has 2 aromatic rings. The summed E-state index contributed by atoms with van der Waals surface area (Å²) in [5.74, 6) is -0.475. The normalized spacial score (nSPS) is 10.0. The molecule has 5 heteroatoms. The molecule has 0 fully saturated rings. The summed E-state index contributed by atoms with van der Waals surface area (Å²) >= 11 is 0. The maximum absolute atomic E-state index is 11.2. The number of carbonyl (C=O) groups is 1. The minimum Gasteiger partial charge on any atom is -0.366 e. The monoisotopic (exact) mass is 214 g/mol. The smallest absolute Gasteiger partial charge is 0.250 e. The molecular formula is C11H10N4O. The summed E-state index contributed by atoms with van der Waals surface area (Å²) in [7, 11) is 0. The summed E-state index contributed by atoms with van der Waals surface area (Å²) in [5.41, 5.74) is 7.12. The molecule has 0 atom stereocenters. The maximum Gasteiger partial charge on any atom is 0.250 e. The average Bonchev–Trinajstić information content (AvgIpc) is 2.31. The first-order chi connectivity index (χ1) is 7.77. The molecule has 80 valence electrons. The SMILES string of the molecule is NC(=O)c1cccnc1Cc1ccncn1. The van der Waals surface area contributed by atoms with Crippen molar-refractivity contribution in [3.05, 3.63) is 53.9 Å². The Balaban J connectivity index is 2.31. The number of hydrogen-bond donors (Lipinski definition) is 1. The fourth-order valence-corrected chi connectivity index (χ4v) is 1.40. The number of carbonyl (C=O) groups excluding carboxylic acids is 1. The zero-order chi connectivity index (χ0) is 11.4. The average molecular weight is 214 g/mol. The van der Waals surface area contributed by atoms with Gasteiger partial charge in [0.1, 0.15) is 6.33 Å². The number of primary amides is 1. The van der Waals surface area contributed by atoms with Gasteiger partial charge in [-0.15, -0.1) is 0 Å². The molecule has 0 radical (unpaired) electrons. The van der Waals surface area contributed by atoms with E-state index < -0.39 is 5.91 Å². The summed E-state index contributed by atoms with van der Waals surface area (Å²) in [6.45, 7) is 0. The van der Waals surface area contributed by atoms with Crippen molar-refractivity contribution in [2.45, 2.75) is 6.42 Å². The topological polar surface area (TPSA) is 81.8 Å². The van der Waals surface area contributed by atoms with Crippen molar-refractivity contribution in [3.8, 4) is 0 Å². The number of rotatable bonds is 3. The van der Waals surface area contributed by atoms with Gasteiger partial charge in [-0.2, -0.15) is 0 Å². The van der Waals surface area contributed by atoms with E-state index >= 15 is 0 Å². The number of aromatic nitrogens is 3. The Hall–Kier alpha value is -2.30. The van der Waals surface area contributed by atoms with Gasteiger partial charge >= 0.3 is 0 Å². The van der Waals surface area contributed by atoms with Gasteiger partial charge < -0.3 is 5.73 Å². The molecule has 0 unspecified atom stereocenters. The fraction of sp³-hybridized carbons (Fsp3) is 0.0909. The highest BCUT2D eigenvalue weighted by atomic mass is 16.1. The van der Waals surface area contributed by atoms with Crippen LogP contribution in [0, 0.1) is 0 Å². The number of nitrogens with two attached hydrogens (primary N) is 1. The van der Waals surface area contributed by atoms with E-state index in [9.17, 15) is 4.79 Å². The standard InChI is InChI=1S/C11H10N4O/c12-11(16)9-2-1-4-14-10(9)6-8-3-5-13-7-15-8/h1-5,7H,6H2,(H2,12,16). The molecular weight excluding hydrogens is 204 g/mol. The van der Waals surface area contributed by atoms with Crippen molar-refractivity contribution in [2.75, 3.05) is 0 Å². The highest BCUT2D eigenvalue weighted by Crippen LogP contribution is 2.09. The lowest BCUT2D eigenvalue weighted by Gasteiger charge is -2.04. The number of nitrogens with zero attached hydrogens (tertiary/aromatic N) is 3. The van der Waals surface area contributed by atoms with Crippen LogP contribution in [0.3, 0.4) is 0 Å². The molecule has 0 saturated heterocycles. The lowest BCUT2D eigenvalue weighted by Crippen LogP contribution is -2.15. The van der Waals surface area contributed by atoms with Crippen molar-refractivity contribution in [3.63, 3.8) is 0 Å². The van der Waals surface area contributed by atoms with Gasteiger partial charge in [0.15, 0.2) is 0 Å². The molecule has 0 spiro atoms. The molecule has 0 aromatic carbocycles. The van der Waals surface area contributed by atoms with E-state index in [1.807, 2.05) is 0 Å². The summed E-state index contributed by atoms with van der Waals surface area (Å²) in [5, 5.41) is 0. The molecule has 2 heterocycles. The molecule has 2 rings (SSSR count). The number of pyridine rings is 1. The molecule has 0 aliphatic carbocycles. The largest absolute Gasteiger partial charge is 0.366 e. The zero-order valence-corrected chi connectivity index (χ0v) is 8.50. The van der Waals surface area contributed by atoms with Gasteiger partial charge in [-0.1, -0.05) is 0 Å². The molecule has 0 aliphatic rings. The Bertz CT molecular complexity index is 498. The third-order valence-corrected chi connectivity index (χ3v) is 2.15. The van der Waals surface area contributed by atoms with Gasteiger partial charge in [-0.3, -0.25) is 9.78 Å². The summed E-state index contributed by atoms with van der Waals surface area (Å²) < 4.78 is 0. The molecule has 5 nitrogen and oxygen atoms in total. The number of hydrogen-bond acceptors (Lipinski definition) is 4. The first-order valence-electron chi connectivity index (χ1n) is 4.76. The van der Waals surface area contributed by atoms with Crippen molar-refractivity contribution in [2.24, 2.45) is 5.73 Å². The van der Waals surface area contributed by atoms with E-state index in [1.54, 1.807) is 30.6 Å². The first kappa shape index (κ1) is 10.2. The lowest BCUT2D eigenvalue weighted by atomic mass is 10.1. The van der Waals surface area contributed by atoms with Crippen LogP contribution in [0.25, 0.3) is 0 Å². The van der Waals surface area contributed by atoms with Crippen molar-refractivity contribution >= 4 is 5.91 Å². The highest BCUT2D eigenvalue weighted by molar-refractivity contribution is 5.93. The molecule has 0 saturated carbocycles. The summed E-state index contributed by atoms with van der Waals surface area (Å²) in [4.78, 5) is 23.2. The van der Waals surface area contributed by atoms with E-state index in [1.165, 1.54) is 6.33 Å². The predicted octanol–water partition coefficient (Wildman–Crippen LogP) is 0.561. The minimum absolute atomic E-state index is 0.432. The van der Waals surface area contributed by atoms with Gasteiger partial charge in [0.05, 0.1) is 11.3 Å².